The molecule has 0 heterocycles. The Morgan fingerprint density at radius 1 is 1.29 bits per heavy atom. The van der Waals surface area contributed by atoms with E-state index in [4.69, 9.17) is 4.74 Å². The first-order chi connectivity index (χ1) is 6.54. The lowest BCUT2D eigenvalue weighted by molar-refractivity contribution is -0.113. The Morgan fingerprint density at radius 2 is 1.86 bits per heavy atom. The molecule has 1 unspecified atom stereocenters. The summed E-state index contributed by atoms with van der Waals surface area (Å²) in [6, 6.07) is 0. The van der Waals surface area contributed by atoms with Crippen molar-refractivity contribution >= 4 is 5.78 Å². The van der Waals surface area contributed by atoms with Crippen LogP contribution in [-0.4, -0.2) is 19.0 Å². The fourth-order valence-corrected chi connectivity index (χ4v) is 1.42. The van der Waals surface area contributed by atoms with E-state index in [1.807, 2.05) is 13.8 Å². The first kappa shape index (κ1) is 13.4. The van der Waals surface area contributed by atoms with Gasteiger partial charge in [-0.3, -0.25) is 4.79 Å². The number of hydrogen-bond acceptors (Lipinski definition) is 2. The number of unbranched alkanes of at least 4 members (excludes halogenated alkanes) is 1. The van der Waals surface area contributed by atoms with Crippen LogP contribution in [0.4, 0.5) is 0 Å². The van der Waals surface area contributed by atoms with Crippen LogP contribution in [0.25, 0.3) is 0 Å². The molecule has 0 N–H and O–H groups in total. The Morgan fingerprint density at radius 3 is 2.21 bits per heavy atom. The number of ether oxygens (including phenoxy) is 1. The second kappa shape index (κ2) is 6.77. The van der Waals surface area contributed by atoms with Crippen molar-refractivity contribution in [3.8, 4) is 0 Å². The molecule has 0 amide bonds. The van der Waals surface area contributed by atoms with Crippen LogP contribution in [0.1, 0.15) is 47.0 Å². The molecule has 1 atom stereocenters. The zero-order chi connectivity index (χ0) is 11.1. The third-order valence-electron chi connectivity index (χ3n) is 2.71. The molecule has 0 aliphatic heterocycles. The molecule has 2 nitrogen and oxygen atoms in total. The van der Waals surface area contributed by atoms with Crippen molar-refractivity contribution < 1.29 is 9.53 Å². The second-order valence-electron chi connectivity index (χ2n) is 3.73. The molecule has 0 aromatic carbocycles. The number of allylic oxidation sites excluding steroid dienone is 1. The minimum Gasteiger partial charge on any atom is -0.377 e. The highest BCUT2D eigenvalue weighted by molar-refractivity contribution is 5.93. The smallest absolute Gasteiger partial charge is 0.155 e. The summed E-state index contributed by atoms with van der Waals surface area (Å²) in [7, 11) is 1.71. The normalized spacial score (nSPS) is 14.9. The molecular formula is C12H22O2. The van der Waals surface area contributed by atoms with Gasteiger partial charge in [0.25, 0.3) is 0 Å². The zero-order valence-corrected chi connectivity index (χ0v) is 10.0. The van der Waals surface area contributed by atoms with Crippen molar-refractivity contribution in [1.82, 2.24) is 0 Å². The van der Waals surface area contributed by atoms with Crippen LogP contribution >= 0.6 is 0 Å². The first-order valence-electron chi connectivity index (χ1n) is 5.25. The van der Waals surface area contributed by atoms with E-state index in [0.717, 1.165) is 30.4 Å². The van der Waals surface area contributed by atoms with Crippen LogP contribution in [0.15, 0.2) is 11.1 Å². The molecule has 2 heteroatoms. The van der Waals surface area contributed by atoms with Gasteiger partial charge in [0.2, 0.25) is 0 Å². The number of methoxy groups -OCH3 is 1. The number of hydrogen-bond donors (Lipinski definition) is 0. The molecule has 0 radical (unpaired) electrons. The van der Waals surface area contributed by atoms with Gasteiger partial charge in [-0.2, -0.15) is 0 Å². The van der Waals surface area contributed by atoms with Crippen molar-refractivity contribution in [3.63, 3.8) is 0 Å². The second-order valence-corrected chi connectivity index (χ2v) is 3.73. The zero-order valence-electron chi connectivity index (χ0n) is 10.0. The van der Waals surface area contributed by atoms with Crippen LogP contribution in [0.2, 0.25) is 0 Å². The van der Waals surface area contributed by atoms with Crippen LogP contribution in [0.5, 0.6) is 0 Å². The van der Waals surface area contributed by atoms with E-state index in [9.17, 15) is 4.79 Å². The van der Waals surface area contributed by atoms with E-state index in [-0.39, 0.29) is 11.9 Å². The van der Waals surface area contributed by atoms with Crippen LogP contribution in [0.3, 0.4) is 0 Å². The predicted octanol–water partition coefficient (Wildman–Crippen LogP) is 3.12. The van der Waals surface area contributed by atoms with E-state index < -0.39 is 0 Å². The summed E-state index contributed by atoms with van der Waals surface area (Å²) in [4.78, 5) is 11.2. The Kier molecular flexibility index (Phi) is 6.46. The average Bonchev–Trinajstić information content (AvgIpc) is 2.17. The van der Waals surface area contributed by atoms with Gasteiger partial charge >= 0.3 is 0 Å². The lowest BCUT2D eigenvalue weighted by Gasteiger charge is -2.17. The highest BCUT2D eigenvalue weighted by Crippen LogP contribution is 2.17. The summed E-state index contributed by atoms with van der Waals surface area (Å²) in [6.45, 7) is 7.62. The number of carbonyl (C=O) groups is 1. The van der Waals surface area contributed by atoms with Gasteiger partial charge < -0.3 is 4.74 Å². The van der Waals surface area contributed by atoms with E-state index in [1.54, 1.807) is 14.0 Å². The monoisotopic (exact) mass is 198 g/mol. The fourth-order valence-electron chi connectivity index (χ4n) is 1.42. The highest BCUT2D eigenvalue weighted by Gasteiger charge is 2.13. The maximum atomic E-state index is 11.2. The lowest BCUT2D eigenvalue weighted by Crippen LogP contribution is -2.15. The van der Waals surface area contributed by atoms with Crippen LogP contribution in [-0.2, 0) is 9.53 Å². The van der Waals surface area contributed by atoms with Crippen molar-refractivity contribution in [1.29, 1.82) is 0 Å². The molecule has 0 spiro atoms. The van der Waals surface area contributed by atoms with E-state index in [0.29, 0.717) is 0 Å². The van der Waals surface area contributed by atoms with Gasteiger partial charge in [-0.25, -0.2) is 0 Å². The SMILES string of the molecule is CCCCC(OC)C(C)=C(C)C(C)=O. The van der Waals surface area contributed by atoms with E-state index >= 15 is 0 Å². The fraction of sp³-hybridized carbons (Fsp3) is 0.750. The van der Waals surface area contributed by atoms with Gasteiger partial charge in [0.1, 0.15) is 0 Å². The number of Topliss-reactive ketones (excluding diaryl/α,β-unsaturated/α-hetero) is 1. The topological polar surface area (TPSA) is 26.3 Å². The van der Waals surface area contributed by atoms with Crippen LogP contribution < -0.4 is 0 Å². The van der Waals surface area contributed by atoms with Gasteiger partial charge in [0.15, 0.2) is 5.78 Å². The van der Waals surface area contributed by atoms with Gasteiger partial charge in [-0.1, -0.05) is 19.8 Å². The minimum absolute atomic E-state index is 0.110. The molecule has 0 rings (SSSR count). The first-order valence-corrected chi connectivity index (χ1v) is 5.25. The van der Waals surface area contributed by atoms with Gasteiger partial charge in [-0.05, 0) is 38.3 Å². The summed E-state index contributed by atoms with van der Waals surface area (Å²) in [5.74, 6) is 0.140. The molecule has 0 fully saturated rings. The average molecular weight is 198 g/mol. The van der Waals surface area contributed by atoms with Crippen molar-refractivity contribution in [3.05, 3.63) is 11.1 Å². The van der Waals surface area contributed by atoms with E-state index in [1.165, 1.54) is 0 Å². The van der Waals surface area contributed by atoms with E-state index in [2.05, 4.69) is 6.92 Å². The maximum absolute atomic E-state index is 11.2. The summed E-state index contributed by atoms with van der Waals surface area (Å²) in [5, 5.41) is 0. The quantitative estimate of drug-likeness (QED) is 0.613. The summed E-state index contributed by atoms with van der Waals surface area (Å²) in [6.07, 6.45) is 3.41. The Labute approximate surface area is 87.3 Å². The summed E-state index contributed by atoms with van der Waals surface area (Å²) >= 11 is 0. The largest absolute Gasteiger partial charge is 0.377 e. The third kappa shape index (κ3) is 4.05. The Bertz CT molecular complexity index is 216. The molecule has 0 bridgehead atoms. The summed E-state index contributed by atoms with van der Waals surface area (Å²) < 4.78 is 5.38. The lowest BCUT2D eigenvalue weighted by atomic mass is 9.99. The Hall–Kier alpha value is -0.630. The maximum Gasteiger partial charge on any atom is 0.155 e. The van der Waals surface area contributed by atoms with Crippen molar-refractivity contribution in [2.24, 2.45) is 0 Å². The van der Waals surface area contributed by atoms with Crippen molar-refractivity contribution in [2.75, 3.05) is 7.11 Å². The number of ketones is 1. The molecule has 0 saturated heterocycles. The standard InChI is InChI=1S/C12H22O2/c1-6-7-8-12(14-5)10(3)9(2)11(4)13/h12H,6-8H2,1-5H3. The van der Waals surface area contributed by atoms with Gasteiger partial charge in [0, 0.05) is 7.11 Å². The molecule has 0 aliphatic carbocycles. The third-order valence-corrected chi connectivity index (χ3v) is 2.71. The van der Waals surface area contributed by atoms with Gasteiger partial charge in [-0.15, -0.1) is 0 Å². The van der Waals surface area contributed by atoms with Crippen LogP contribution in [0, 0.1) is 0 Å². The number of carbonyl (C=O) groups excluding carboxylic acids is 1. The van der Waals surface area contributed by atoms with Gasteiger partial charge in [0.05, 0.1) is 6.10 Å². The highest BCUT2D eigenvalue weighted by atomic mass is 16.5. The number of rotatable bonds is 6. The van der Waals surface area contributed by atoms with Crippen molar-refractivity contribution in [2.45, 2.75) is 53.1 Å². The molecule has 14 heavy (non-hydrogen) atoms. The molecule has 0 aromatic rings. The molecular weight excluding hydrogens is 176 g/mol. The molecule has 0 saturated carbocycles. The minimum atomic E-state index is 0.110. The summed E-state index contributed by atoms with van der Waals surface area (Å²) in [5.41, 5.74) is 1.92. The molecule has 0 aromatic heterocycles. The Balaban J connectivity index is 4.51. The molecule has 0 aliphatic rings. The predicted molar refractivity (Wildman–Crippen MR) is 59.4 cm³/mol. The molecule has 82 valence electrons.